The molecule has 106 valence electrons. The number of sulfonamides is 1. The summed E-state index contributed by atoms with van der Waals surface area (Å²) in [6.07, 6.45) is 3.68. The molecule has 3 N–H and O–H groups in total. The van der Waals surface area contributed by atoms with Crippen molar-refractivity contribution in [2.45, 2.75) is 44.7 Å². The van der Waals surface area contributed by atoms with E-state index in [1.807, 2.05) is 6.92 Å². The fourth-order valence-corrected chi connectivity index (χ4v) is 2.90. The number of likely N-dealkylation sites (tertiary alicyclic amines) is 1. The Labute approximate surface area is 109 Å². The van der Waals surface area contributed by atoms with Crippen LogP contribution in [-0.2, 0) is 14.8 Å². The summed E-state index contributed by atoms with van der Waals surface area (Å²) in [5.41, 5.74) is 5.61. The molecule has 1 amide bonds. The van der Waals surface area contributed by atoms with Gasteiger partial charge in [0.1, 0.15) is 0 Å². The van der Waals surface area contributed by atoms with Gasteiger partial charge in [0, 0.05) is 31.6 Å². The van der Waals surface area contributed by atoms with E-state index < -0.39 is 10.0 Å². The molecule has 1 aliphatic rings. The van der Waals surface area contributed by atoms with Crippen molar-refractivity contribution in [1.82, 2.24) is 9.62 Å². The molecule has 0 aliphatic carbocycles. The number of hydrogen-bond donors (Lipinski definition) is 2. The molecule has 0 aromatic carbocycles. The van der Waals surface area contributed by atoms with Gasteiger partial charge in [0.15, 0.2) is 0 Å². The zero-order chi connectivity index (χ0) is 13.8. The summed E-state index contributed by atoms with van der Waals surface area (Å²) in [7, 11) is -3.15. The number of piperidine rings is 1. The molecule has 1 atom stereocenters. The average molecular weight is 277 g/mol. The zero-order valence-corrected chi connectivity index (χ0v) is 11.9. The maximum Gasteiger partial charge on any atom is 0.222 e. The first kappa shape index (κ1) is 15.4. The topological polar surface area (TPSA) is 92.5 Å². The van der Waals surface area contributed by atoms with Crippen LogP contribution in [0.5, 0.6) is 0 Å². The minimum absolute atomic E-state index is 0.0402. The molecule has 0 radical (unpaired) electrons. The molecule has 0 aromatic rings. The standard InChI is InChI=1S/C11H23N3O3S/c1-9(12)3-4-11(15)14-7-5-10(6-8-14)13-18(2,16)17/h9-10,13H,3-8,12H2,1-2H3. The van der Waals surface area contributed by atoms with Crippen LogP contribution in [0, 0.1) is 0 Å². The molecule has 0 aromatic heterocycles. The molecule has 1 unspecified atom stereocenters. The van der Waals surface area contributed by atoms with Crippen LogP contribution in [-0.4, -0.2) is 50.7 Å². The molecule has 7 heteroatoms. The molecular formula is C11H23N3O3S. The molecule has 1 rings (SSSR count). The molecule has 18 heavy (non-hydrogen) atoms. The van der Waals surface area contributed by atoms with Crippen molar-refractivity contribution in [3.05, 3.63) is 0 Å². The van der Waals surface area contributed by atoms with E-state index in [2.05, 4.69) is 4.72 Å². The molecule has 1 aliphatic heterocycles. The largest absolute Gasteiger partial charge is 0.343 e. The summed E-state index contributed by atoms with van der Waals surface area (Å²) in [4.78, 5) is 13.6. The van der Waals surface area contributed by atoms with Gasteiger partial charge in [0.2, 0.25) is 15.9 Å². The SMILES string of the molecule is CC(N)CCC(=O)N1CCC(NS(C)(=O)=O)CC1. The third kappa shape index (κ3) is 5.79. The van der Waals surface area contributed by atoms with Crippen LogP contribution < -0.4 is 10.5 Å². The second-order valence-electron chi connectivity index (χ2n) is 5.06. The third-order valence-corrected chi connectivity index (χ3v) is 3.80. The number of nitrogens with one attached hydrogen (secondary N) is 1. The molecule has 6 nitrogen and oxygen atoms in total. The number of carbonyl (C=O) groups is 1. The number of amides is 1. The second kappa shape index (κ2) is 6.49. The van der Waals surface area contributed by atoms with Crippen molar-refractivity contribution < 1.29 is 13.2 Å². The Balaban J connectivity index is 2.33. The van der Waals surface area contributed by atoms with Crippen LogP contribution >= 0.6 is 0 Å². The fourth-order valence-electron chi connectivity index (χ4n) is 2.06. The smallest absolute Gasteiger partial charge is 0.222 e. The Morgan fingerprint density at radius 2 is 2.00 bits per heavy atom. The van der Waals surface area contributed by atoms with Gasteiger partial charge in [0.05, 0.1) is 6.26 Å². The molecule has 0 saturated carbocycles. The number of hydrogen-bond acceptors (Lipinski definition) is 4. The van der Waals surface area contributed by atoms with Gasteiger partial charge in [-0.3, -0.25) is 4.79 Å². The summed E-state index contributed by atoms with van der Waals surface area (Å²) in [6.45, 7) is 3.12. The second-order valence-corrected chi connectivity index (χ2v) is 6.84. The minimum atomic E-state index is -3.15. The van der Waals surface area contributed by atoms with Crippen LogP contribution in [0.1, 0.15) is 32.6 Å². The van der Waals surface area contributed by atoms with Gasteiger partial charge >= 0.3 is 0 Å². The fraction of sp³-hybridized carbons (Fsp3) is 0.909. The van der Waals surface area contributed by atoms with E-state index in [9.17, 15) is 13.2 Å². The van der Waals surface area contributed by atoms with Crippen molar-refractivity contribution in [1.29, 1.82) is 0 Å². The van der Waals surface area contributed by atoms with E-state index >= 15 is 0 Å². The molecule has 1 saturated heterocycles. The Morgan fingerprint density at radius 3 is 2.44 bits per heavy atom. The summed E-state index contributed by atoms with van der Waals surface area (Å²) in [5, 5.41) is 0. The van der Waals surface area contributed by atoms with Crippen LogP contribution in [0.4, 0.5) is 0 Å². The highest BCUT2D eigenvalue weighted by Crippen LogP contribution is 2.13. The van der Waals surface area contributed by atoms with Crippen molar-refractivity contribution in [3.8, 4) is 0 Å². The Kier molecular flexibility index (Phi) is 5.55. The minimum Gasteiger partial charge on any atom is -0.343 e. The average Bonchev–Trinajstić information content (AvgIpc) is 2.24. The van der Waals surface area contributed by atoms with Crippen LogP contribution in [0.3, 0.4) is 0 Å². The number of nitrogens with zero attached hydrogens (tertiary/aromatic N) is 1. The van der Waals surface area contributed by atoms with Gasteiger partial charge in [-0.25, -0.2) is 13.1 Å². The quantitative estimate of drug-likeness (QED) is 0.718. The van der Waals surface area contributed by atoms with Gasteiger partial charge in [-0.15, -0.1) is 0 Å². The predicted octanol–water partition coefficient (Wildman–Crippen LogP) is -0.346. The maximum atomic E-state index is 11.8. The van der Waals surface area contributed by atoms with Crippen LogP contribution in [0.2, 0.25) is 0 Å². The summed E-state index contributed by atoms with van der Waals surface area (Å²) in [5.74, 6) is 0.116. The van der Waals surface area contributed by atoms with Gasteiger partial charge in [-0.2, -0.15) is 0 Å². The van der Waals surface area contributed by atoms with Gasteiger partial charge in [-0.1, -0.05) is 0 Å². The van der Waals surface area contributed by atoms with Crippen molar-refractivity contribution >= 4 is 15.9 Å². The molecule has 1 fully saturated rings. The van der Waals surface area contributed by atoms with Crippen molar-refractivity contribution in [3.63, 3.8) is 0 Å². The number of carbonyl (C=O) groups excluding carboxylic acids is 1. The lowest BCUT2D eigenvalue weighted by atomic mass is 10.1. The number of nitrogens with two attached hydrogens (primary N) is 1. The molecule has 0 spiro atoms. The summed E-state index contributed by atoms with van der Waals surface area (Å²) >= 11 is 0. The van der Waals surface area contributed by atoms with E-state index in [0.29, 0.717) is 38.8 Å². The maximum absolute atomic E-state index is 11.8. The molecule has 0 bridgehead atoms. The molecular weight excluding hydrogens is 254 g/mol. The highest BCUT2D eigenvalue weighted by Gasteiger charge is 2.24. The normalized spacial score (nSPS) is 19.8. The van der Waals surface area contributed by atoms with E-state index in [4.69, 9.17) is 5.73 Å². The summed E-state index contributed by atoms with van der Waals surface area (Å²) < 4.78 is 24.8. The van der Waals surface area contributed by atoms with Gasteiger partial charge in [-0.05, 0) is 26.2 Å². The number of rotatable bonds is 5. The van der Waals surface area contributed by atoms with Crippen LogP contribution in [0.25, 0.3) is 0 Å². The van der Waals surface area contributed by atoms with Crippen molar-refractivity contribution in [2.75, 3.05) is 19.3 Å². The van der Waals surface area contributed by atoms with Gasteiger partial charge in [0.25, 0.3) is 0 Å². The van der Waals surface area contributed by atoms with Crippen LogP contribution in [0.15, 0.2) is 0 Å². The van der Waals surface area contributed by atoms with E-state index in [1.54, 1.807) is 4.90 Å². The lowest BCUT2D eigenvalue weighted by Crippen LogP contribution is -2.46. The third-order valence-electron chi connectivity index (χ3n) is 3.04. The lowest BCUT2D eigenvalue weighted by molar-refractivity contribution is -0.132. The van der Waals surface area contributed by atoms with Crippen molar-refractivity contribution in [2.24, 2.45) is 5.73 Å². The monoisotopic (exact) mass is 277 g/mol. The van der Waals surface area contributed by atoms with E-state index in [-0.39, 0.29) is 18.0 Å². The molecule has 1 heterocycles. The Hall–Kier alpha value is -0.660. The first-order valence-corrected chi connectivity index (χ1v) is 8.17. The first-order valence-electron chi connectivity index (χ1n) is 6.28. The predicted molar refractivity (Wildman–Crippen MR) is 70.5 cm³/mol. The van der Waals surface area contributed by atoms with E-state index in [1.165, 1.54) is 0 Å². The Bertz CT molecular complexity index is 373. The van der Waals surface area contributed by atoms with Gasteiger partial charge < -0.3 is 10.6 Å². The summed E-state index contributed by atoms with van der Waals surface area (Å²) in [6, 6.07) is -0.00382. The zero-order valence-electron chi connectivity index (χ0n) is 11.1. The Morgan fingerprint density at radius 1 is 1.44 bits per heavy atom. The van der Waals surface area contributed by atoms with E-state index in [0.717, 1.165) is 6.26 Å². The highest BCUT2D eigenvalue weighted by molar-refractivity contribution is 7.88. The highest BCUT2D eigenvalue weighted by atomic mass is 32.2. The first-order chi connectivity index (χ1) is 8.28. The lowest BCUT2D eigenvalue weighted by Gasteiger charge is -2.32.